The van der Waals surface area contributed by atoms with E-state index in [0.717, 1.165) is 0 Å². The van der Waals surface area contributed by atoms with E-state index in [9.17, 15) is 9.59 Å². The molecule has 2 rings (SSSR count). The average Bonchev–Trinajstić information content (AvgIpc) is 2.79. The van der Waals surface area contributed by atoms with E-state index in [2.05, 4.69) is 0 Å². The van der Waals surface area contributed by atoms with Gasteiger partial charge in [-0.05, 0) is 13.0 Å². The van der Waals surface area contributed by atoms with Gasteiger partial charge in [0.25, 0.3) is 5.91 Å². The number of furan rings is 1. The van der Waals surface area contributed by atoms with Crippen molar-refractivity contribution in [3.05, 3.63) is 23.2 Å². The van der Waals surface area contributed by atoms with Crippen molar-refractivity contribution in [2.24, 2.45) is 0 Å². The fourth-order valence-electron chi connectivity index (χ4n) is 2.02. The molecule has 1 unspecified atom stereocenters. The Morgan fingerprint density at radius 2 is 2.20 bits per heavy atom. The van der Waals surface area contributed by atoms with Crippen LogP contribution in [0.5, 0.6) is 0 Å². The highest BCUT2D eigenvalue weighted by atomic mass is 16.6. The van der Waals surface area contributed by atoms with Gasteiger partial charge in [-0.1, -0.05) is 0 Å². The number of likely N-dealkylation sites (N-methyl/N-ethyl adjacent to an activating group) is 1. The number of carbonyl (C=O) groups is 2. The molecular formula is C13H17NO6. The third-order valence-electron chi connectivity index (χ3n) is 3.06. The van der Waals surface area contributed by atoms with Crippen LogP contribution in [0.4, 0.5) is 0 Å². The number of carbonyl (C=O) groups excluding carboxylic acids is 1. The maximum absolute atomic E-state index is 12.1. The third kappa shape index (κ3) is 3.17. The van der Waals surface area contributed by atoms with Crippen molar-refractivity contribution in [3.63, 3.8) is 0 Å². The quantitative estimate of drug-likeness (QED) is 0.873. The molecule has 0 spiro atoms. The smallest absolute Gasteiger partial charge is 0.339 e. The lowest BCUT2D eigenvalue weighted by molar-refractivity contribution is -0.157. The van der Waals surface area contributed by atoms with Crippen LogP contribution in [0.3, 0.4) is 0 Å². The zero-order valence-electron chi connectivity index (χ0n) is 11.4. The molecule has 0 aromatic carbocycles. The minimum absolute atomic E-state index is 0.109. The van der Waals surface area contributed by atoms with Crippen molar-refractivity contribution in [1.29, 1.82) is 0 Å². The van der Waals surface area contributed by atoms with Gasteiger partial charge in [0.15, 0.2) is 6.10 Å². The highest BCUT2D eigenvalue weighted by molar-refractivity contribution is 5.88. The molecule has 1 fully saturated rings. The summed E-state index contributed by atoms with van der Waals surface area (Å²) >= 11 is 0. The first-order chi connectivity index (χ1) is 9.49. The summed E-state index contributed by atoms with van der Waals surface area (Å²) in [7, 11) is 1.61. The highest BCUT2D eigenvalue weighted by Crippen LogP contribution is 2.16. The first-order valence-corrected chi connectivity index (χ1v) is 6.26. The fourth-order valence-corrected chi connectivity index (χ4v) is 2.02. The Morgan fingerprint density at radius 1 is 1.45 bits per heavy atom. The summed E-state index contributed by atoms with van der Waals surface area (Å²) in [5, 5.41) is 8.95. The first kappa shape index (κ1) is 14.5. The van der Waals surface area contributed by atoms with Crippen LogP contribution < -0.4 is 0 Å². The van der Waals surface area contributed by atoms with E-state index in [-0.39, 0.29) is 24.6 Å². The van der Waals surface area contributed by atoms with Crippen LogP contribution in [-0.2, 0) is 20.8 Å². The zero-order valence-corrected chi connectivity index (χ0v) is 11.4. The van der Waals surface area contributed by atoms with E-state index in [1.54, 1.807) is 14.0 Å². The maximum Gasteiger partial charge on any atom is 0.339 e. The summed E-state index contributed by atoms with van der Waals surface area (Å²) in [6.45, 7) is 2.89. The second kappa shape index (κ2) is 6.06. The number of aromatic carboxylic acids is 1. The molecule has 2 heterocycles. The Bertz CT molecular complexity index is 503. The zero-order chi connectivity index (χ0) is 14.7. The maximum atomic E-state index is 12.1. The molecule has 1 amide bonds. The van der Waals surface area contributed by atoms with Gasteiger partial charge in [0.05, 0.1) is 26.4 Å². The van der Waals surface area contributed by atoms with Gasteiger partial charge in [0.2, 0.25) is 0 Å². The summed E-state index contributed by atoms with van der Waals surface area (Å²) in [5.74, 6) is -0.510. The van der Waals surface area contributed by atoms with E-state index in [1.165, 1.54) is 11.0 Å². The highest BCUT2D eigenvalue weighted by Gasteiger charge is 2.26. The van der Waals surface area contributed by atoms with Gasteiger partial charge in [-0.25, -0.2) is 4.79 Å². The number of hydrogen-bond acceptors (Lipinski definition) is 5. The topological polar surface area (TPSA) is 89.2 Å². The summed E-state index contributed by atoms with van der Waals surface area (Å²) in [6.07, 6.45) is -0.608. The lowest BCUT2D eigenvalue weighted by Gasteiger charge is -2.26. The Kier molecular flexibility index (Phi) is 4.41. The lowest BCUT2D eigenvalue weighted by Crippen LogP contribution is -2.43. The number of aryl methyl sites for hydroxylation is 1. The van der Waals surface area contributed by atoms with Gasteiger partial charge in [0, 0.05) is 7.05 Å². The van der Waals surface area contributed by atoms with E-state index in [4.69, 9.17) is 19.0 Å². The molecule has 0 bridgehead atoms. The van der Waals surface area contributed by atoms with Crippen molar-refractivity contribution >= 4 is 11.9 Å². The predicted octanol–water partition coefficient (Wildman–Crippen LogP) is 0.660. The molecule has 7 nitrogen and oxygen atoms in total. The second-order valence-electron chi connectivity index (χ2n) is 4.62. The Labute approximate surface area is 116 Å². The first-order valence-electron chi connectivity index (χ1n) is 6.26. The molecule has 1 saturated heterocycles. The number of hydrogen-bond donors (Lipinski definition) is 1. The number of rotatable bonds is 4. The average molecular weight is 283 g/mol. The van der Waals surface area contributed by atoms with Crippen molar-refractivity contribution in [2.45, 2.75) is 19.6 Å². The molecule has 1 N–H and O–H groups in total. The van der Waals surface area contributed by atoms with Crippen LogP contribution in [-0.4, -0.2) is 54.9 Å². The molecule has 20 heavy (non-hydrogen) atoms. The minimum Gasteiger partial charge on any atom is -0.478 e. The number of carboxylic acid groups (broad SMARTS) is 1. The molecule has 1 aromatic rings. The molecule has 1 aliphatic heterocycles. The van der Waals surface area contributed by atoms with Crippen LogP contribution in [0, 0.1) is 6.92 Å². The van der Waals surface area contributed by atoms with Gasteiger partial charge in [-0.3, -0.25) is 4.79 Å². The monoisotopic (exact) mass is 283 g/mol. The molecule has 1 aliphatic rings. The molecule has 0 aliphatic carbocycles. The van der Waals surface area contributed by atoms with Crippen LogP contribution in [0.25, 0.3) is 0 Å². The van der Waals surface area contributed by atoms with Crippen LogP contribution in [0.15, 0.2) is 10.5 Å². The van der Waals surface area contributed by atoms with Crippen molar-refractivity contribution in [3.8, 4) is 0 Å². The molecular weight excluding hydrogens is 266 g/mol. The van der Waals surface area contributed by atoms with Gasteiger partial charge in [0.1, 0.15) is 17.1 Å². The Hall–Kier alpha value is -1.86. The van der Waals surface area contributed by atoms with Crippen LogP contribution in [0.2, 0.25) is 0 Å². The molecule has 110 valence electrons. The molecule has 1 atom stereocenters. The van der Waals surface area contributed by atoms with Crippen LogP contribution >= 0.6 is 0 Å². The number of ether oxygens (including phenoxy) is 2. The minimum atomic E-state index is -1.05. The molecule has 0 radical (unpaired) electrons. The fraction of sp³-hybridized carbons (Fsp3) is 0.538. The number of nitrogens with zero attached hydrogens (tertiary/aromatic N) is 1. The van der Waals surface area contributed by atoms with E-state index < -0.39 is 12.1 Å². The summed E-state index contributed by atoms with van der Waals surface area (Å²) in [5.41, 5.74) is 0.109. The van der Waals surface area contributed by atoms with Crippen molar-refractivity contribution in [1.82, 2.24) is 4.90 Å². The summed E-state index contributed by atoms with van der Waals surface area (Å²) in [4.78, 5) is 24.4. The van der Waals surface area contributed by atoms with Gasteiger partial charge >= 0.3 is 5.97 Å². The van der Waals surface area contributed by atoms with E-state index in [1.807, 2.05) is 0 Å². The third-order valence-corrected chi connectivity index (χ3v) is 3.06. The second-order valence-corrected chi connectivity index (χ2v) is 4.62. The van der Waals surface area contributed by atoms with E-state index in [0.29, 0.717) is 24.7 Å². The normalized spacial score (nSPS) is 18.8. The Morgan fingerprint density at radius 3 is 2.75 bits per heavy atom. The number of amides is 1. The molecule has 7 heteroatoms. The van der Waals surface area contributed by atoms with E-state index >= 15 is 0 Å². The van der Waals surface area contributed by atoms with Gasteiger partial charge in [-0.15, -0.1) is 0 Å². The number of carboxylic acids is 1. The summed E-state index contributed by atoms with van der Waals surface area (Å²) in [6, 6.07) is 1.43. The Balaban J connectivity index is 1.99. The van der Waals surface area contributed by atoms with Gasteiger partial charge in [-0.2, -0.15) is 0 Å². The standard InChI is InChI=1S/C13H17NO6/c1-8-10(13(16)17)5-9(20-8)6-14(2)12(15)11-7-18-3-4-19-11/h5,11H,3-4,6-7H2,1-2H3,(H,16,17). The lowest BCUT2D eigenvalue weighted by atomic mass is 10.2. The van der Waals surface area contributed by atoms with Crippen LogP contribution in [0.1, 0.15) is 21.9 Å². The molecule has 1 aromatic heterocycles. The van der Waals surface area contributed by atoms with Gasteiger partial charge < -0.3 is 23.9 Å². The van der Waals surface area contributed by atoms with Crippen molar-refractivity contribution < 1.29 is 28.6 Å². The molecule has 0 saturated carbocycles. The largest absolute Gasteiger partial charge is 0.478 e. The predicted molar refractivity (Wildman–Crippen MR) is 67.4 cm³/mol. The SMILES string of the molecule is Cc1oc(CN(C)C(=O)C2COCCO2)cc1C(=O)O. The summed E-state index contributed by atoms with van der Waals surface area (Å²) < 4.78 is 15.8. The van der Waals surface area contributed by atoms with Crippen molar-refractivity contribution in [2.75, 3.05) is 26.9 Å².